The first-order valence-corrected chi connectivity index (χ1v) is 12.0. The molecule has 36 heavy (non-hydrogen) atoms. The van der Waals surface area contributed by atoms with Gasteiger partial charge in [-0.2, -0.15) is 0 Å². The molecule has 1 atom stereocenters. The second kappa shape index (κ2) is 11.4. The van der Waals surface area contributed by atoms with E-state index in [4.69, 9.17) is 14.2 Å². The largest absolute Gasteiger partial charge is 0.497 e. The fourth-order valence-electron chi connectivity index (χ4n) is 4.80. The second-order valence-electron chi connectivity index (χ2n) is 9.13. The molecule has 0 amide bonds. The molecule has 1 aliphatic heterocycles. The first kappa shape index (κ1) is 25.5. The zero-order valence-corrected chi connectivity index (χ0v) is 21.4. The van der Waals surface area contributed by atoms with E-state index in [1.165, 1.54) is 7.11 Å². The van der Waals surface area contributed by atoms with E-state index >= 15 is 0 Å². The lowest BCUT2D eigenvalue weighted by molar-refractivity contribution is -0.150. The van der Waals surface area contributed by atoms with E-state index in [1.807, 2.05) is 54.6 Å². The first-order valence-electron chi connectivity index (χ1n) is 12.0. The van der Waals surface area contributed by atoms with Crippen LogP contribution in [0.1, 0.15) is 23.6 Å². The Balaban J connectivity index is 1.69. The highest BCUT2D eigenvalue weighted by Crippen LogP contribution is 2.34. The van der Waals surface area contributed by atoms with Gasteiger partial charge in [-0.1, -0.05) is 54.6 Å². The summed E-state index contributed by atoms with van der Waals surface area (Å²) in [6.07, 6.45) is 2.08. The van der Waals surface area contributed by atoms with Crippen molar-refractivity contribution in [1.82, 2.24) is 9.80 Å². The molecule has 6 heteroatoms. The van der Waals surface area contributed by atoms with E-state index in [9.17, 15) is 4.79 Å². The minimum atomic E-state index is -0.929. The predicted octanol–water partition coefficient (Wildman–Crippen LogP) is 4.99. The van der Waals surface area contributed by atoms with Crippen LogP contribution >= 0.6 is 0 Å². The third-order valence-electron chi connectivity index (χ3n) is 6.72. The average molecular weight is 487 g/mol. The summed E-state index contributed by atoms with van der Waals surface area (Å²) >= 11 is 0. The monoisotopic (exact) mass is 486 g/mol. The van der Waals surface area contributed by atoms with Gasteiger partial charge in [-0.3, -0.25) is 9.80 Å². The van der Waals surface area contributed by atoms with E-state index < -0.39 is 5.54 Å². The Morgan fingerprint density at radius 2 is 1.39 bits per heavy atom. The standard InChI is InChI=1S/C30H34N2O4/c1-23(26-8-6-5-7-9-26)18-30(29(33)36-4)21-31(19-24-10-14-27(34-2)15-11-24)22-32(30)20-25-12-16-28(35-3)17-13-25/h5-18H,19-22H2,1-4H3/b23-18+. The Hall–Kier alpha value is -3.61. The number of rotatable bonds is 9. The number of methoxy groups -OCH3 is 3. The van der Waals surface area contributed by atoms with Gasteiger partial charge in [0, 0.05) is 19.6 Å². The van der Waals surface area contributed by atoms with Crippen molar-refractivity contribution in [1.29, 1.82) is 0 Å². The fraction of sp³-hybridized carbons (Fsp3) is 0.300. The molecule has 0 N–H and O–H groups in total. The molecule has 3 aromatic rings. The predicted molar refractivity (Wildman–Crippen MR) is 142 cm³/mol. The van der Waals surface area contributed by atoms with Crippen molar-refractivity contribution in [3.05, 3.63) is 102 Å². The molecule has 0 aliphatic carbocycles. The molecule has 0 saturated carbocycles. The molecule has 0 bridgehead atoms. The van der Waals surface area contributed by atoms with Gasteiger partial charge in [0.05, 0.1) is 28.0 Å². The number of benzene rings is 3. The number of nitrogens with zero attached hydrogens (tertiary/aromatic N) is 2. The van der Waals surface area contributed by atoms with Crippen LogP contribution in [0.2, 0.25) is 0 Å². The highest BCUT2D eigenvalue weighted by Gasteiger charge is 2.50. The highest BCUT2D eigenvalue weighted by molar-refractivity contribution is 5.87. The van der Waals surface area contributed by atoms with E-state index in [2.05, 4.69) is 47.1 Å². The smallest absolute Gasteiger partial charge is 0.331 e. The number of esters is 1. The normalized spacial score (nSPS) is 18.7. The molecule has 6 nitrogen and oxygen atoms in total. The number of ether oxygens (including phenoxy) is 3. The average Bonchev–Trinajstić information content (AvgIpc) is 3.26. The van der Waals surface area contributed by atoms with Gasteiger partial charge in [0.2, 0.25) is 0 Å². The lowest BCUT2D eigenvalue weighted by Gasteiger charge is -2.33. The third kappa shape index (κ3) is 5.61. The molecule has 1 fully saturated rings. The SMILES string of the molecule is COC(=O)C1(/C=C(\C)c2ccccc2)CN(Cc2ccc(OC)cc2)CN1Cc1ccc(OC)cc1. The number of carbonyl (C=O) groups is 1. The van der Waals surface area contributed by atoms with Crippen LogP contribution in [0.3, 0.4) is 0 Å². The molecular weight excluding hydrogens is 452 g/mol. The molecule has 1 heterocycles. The maximum atomic E-state index is 13.5. The molecule has 3 aromatic carbocycles. The topological polar surface area (TPSA) is 51.2 Å². The molecule has 188 valence electrons. The Labute approximate surface area is 213 Å². The summed E-state index contributed by atoms with van der Waals surface area (Å²) in [6.45, 7) is 4.49. The van der Waals surface area contributed by atoms with Crippen molar-refractivity contribution in [3.8, 4) is 11.5 Å². The van der Waals surface area contributed by atoms with Gasteiger partial charge >= 0.3 is 5.97 Å². The van der Waals surface area contributed by atoms with Crippen LogP contribution in [-0.2, 0) is 22.6 Å². The summed E-state index contributed by atoms with van der Waals surface area (Å²) in [6, 6.07) is 26.2. The second-order valence-corrected chi connectivity index (χ2v) is 9.13. The van der Waals surface area contributed by atoms with Crippen LogP contribution in [0.15, 0.2) is 84.9 Å². The maximum absolute atomic E-state index is 13.5. The summed E-state index contributed by atoms with van der Waals surface area (Å²) in [7, 11) is 4.79. The Morgan fingerprint density at radius 3 is 1.92 bits per heavy atom. The number of hydrogen-bond acceptors (Lipinski definition) is 6. The van der Waals surface area contributed by atoms with Crippen molar-refractivity contribution in [2.24, 2.45) is 0 Å². The van der Waals surface area contributed by atoms with E-state index in [-0.39, 0.29) is 5.97 Å². The van der Waals surface area contributed by atoms with Crippen LogP contribution in [0.5, 0.6) is 11.5 Å². The van der Waals surface area contributed by atoms with Crippen LogP contribution in [-0.4, -0.2) is 55.9 Å². The molecule has 1 unspecified atom stereocenters. The summed E-state index contributed by atoms with van der Waals surface area (Å²) in [5, 5.41) is 0. The minimum absolute atomic E-state index is 0.261. The molecular formula is C30H34N2O4. The van der Waals surface area contributed by atoms with Gasteiger partial charge in [0.25, 0.3) is 0 Å². The van der Waals surface area contributed by atoms with Crippen molar-refractivity contribution in [3.63, 3.8) is 0 Å². The summed E-state index contributed by atoms with van der Waals surface area (Å²) in [5.74, 6) is 1.37. The van der Waals surface area contributed by atoms with Crippen molar-refractivity contribution in [2.45, 2.75) is 25.6 Å². The molecule has 0 spiro atoms. The highest BCUT2D eigenvalue weighted by atomic mass is 16.5. The Bertz CT molecular complexity index is 1180. The number of hydrogen-bond donors (Lipinski definition) is 0. The Morgan fingerprint density at radius 1 is 0.833 bits per heavy atom. The quantitative estimate of drug-likeness (QED) is 0.397. The zero-order chi connectivity index (χ0) is 25.5. The van der Waals surface area contributed by atoms with Crippen molar-refractivity contribution in [2.75, 3.05) is 34.5 Å². The van der Waals surface area contributed by atoms with Gasteiger partial charge < -0.3 is 14.2 Å². The summed E-state index contributed by atoms with van der Waals surface area (Å²) in [4.78, 5) is 18.0. The Kier molecular flexibility index (Phi) is 8.08. The first-order chi connectivity index (χ1) is 17.5. The van der Waals surface area contributed by atoms with Crippen LogP contribution < -0.4 is 9.47 Å². The van der Waals surface area contributed by atoms with Crippen LogP contribution in [0.4, 0.5) is 0 Å². The summed E-state index contributed by atoms with van der Waals surface area (Å²) < 4.78 is 16.0. The molecule has 1 aliphatic rings. The van der Waals surface area contributed by atoms with E-state index in [0.29, 0.717) is 26.3 Å². The van der Waals surface area contributed by atoms with Gasteiger partial charge in [-0.15, -0.1) is 0 Å². The number of allylic oxidation sites excluding steroid dienone is 1. The maximum Gasteiger partial charge on any atom is 0.331 e. The van der Waals surface area contributed by atoms with Crippen LogP contribution in [0.25, 0.3) is 5.57 Å². The van der Waals surface area contributed by atoms with Crippen molar-refractivity contribution < 1.29 is 19.0 Å². The molecule has 0 aromatic heterocycles. The third-order valence-corrected chi connectivity index (χ3v) is 6.72. The van der Waals surface area contributed by atoms with Gasteiger partial charge in [-0.05, 0) is 59.5 Å². The fourth-order valence-corrected chi connectivity index (χ4v) is 4.80. The van der Waals surface area contributed by atoms with Gasteiger partial charge in [0.1, 0.15) is 11.5 Å². The van der Waals surface area contributed by atoms with Crippen molar-refractivity contribution >= 4 is 11.5 Å². The molecule has 4 rings (SSSR count). The minimum Gasteiger partial charge on any atom is -0.497 e. The van der Waals surface area contributed by atoms with E-state index in [1.54, 1.807) is 14.2 Å². The molecule has 1 saturated heterocycles. The lowest BCUT2D eigenvalue weighted by atomic mass is 9.92. The summed E-state index contributed by atoms with van der Waals surface area (Å²) in [5.41, 5.74) is 3.44. The van der Waals surface area contributed by atoms with Gasteiger partial charge in [-0.25, -0.2) is 4.79 Å². The molecule has 0 radical (unpaired) electrons. The van der Waals surface area contributed by atoms with Crippen LogP contribution in [0, 0.1) is 0 Å². The lowest BCUT2D eigenvalue weighted by Crippen LogP contribution is -2.51. The van der Waals surface area contributed by atoms with Gasteiger partial charge in [0.15, 0.2) is 5.54 Å². The zero-order valence-electron chi connectivity index (χ0n) is 21.4. The number of carbonyl (C=O) groups excluding carboxylic acids is 1. The van der Waals surface area contributed by atoms with E-state index in [0.717, 1.165) is 33.8 Å².